The molecule has 0 spiro atoms. The van der Waals surface area contributed by atoms with Crippen molar-refractivity contribution >= 4 is 0 Å². The summed E-state index contributed by atoms with van der Waals surface area (Å²) in [6, 6.07) is 4.56. The van der Waals surface area contributed by atoms with E-state index >= 15 is 0 Å². The SMILES string of the molecule is CC(C)=CC(N)c1ccc(F)cc1C. The van der Waals surface area contributed by atoms with E-state index in [0.717, 1.165) is 11.1 Å². The number of allylic oxidation sites excluding steroid dienone is 1. The van der Waals surface area contributed by atoms with Gasteiger partial charge in [-0.2, -0.15) is 0 Å². The molecule has 2 heteroatoms. The Kier molecular flexibility index (Phi) is 3.42. The van der Waals surface area contributed by atoms with Crippen LogP contribution < -0.4 is 5.73 Å². The quantitative estimate of drug-likeness (QED) is 0.717. The Morgan fingerprint density at radius 3 is 2.57 bits per heavy atom. The first-order valence-corrected chi connectivity index (χ1v) is 4.67. The van der Waals surface area contributed by atoms with E-state index in [2.05, 4.69) is 0 Å². The summed E-state index contributed by atoms with van der Waals surface area (Å²) in [7, 11) is 0. The minimum atomic E-state index is -0.212. The lowest BCUT2D eigenvalue weighted by atomic mass is 10.0. The monoisotopic (exact) mass is 193 g/mol. The minimum absolute atomic E-state index is 0.138. The number of rotatable bonds is 2. The average molecular weight is 193 g/mol. The van der Waals surface area contributed by atoms with Gasteiger partial charge in [0.25, 0.3) is 0 Å². The van der Waals surface area contributed by atoms with Gasteiger partial charge >= 0.3 is 0 Å². The van der Waals surface area contributed by atoms with Gasteiger partial charge in [-0.15, -0.1) is 0 Å². The normalized spacial score (nSPS) is 12.4. The van der Waals surface area contributed by atoms with Gasteiger partial charge in [-0.25, -0.2) is 4.39 Å². The summed E-state index contributed by atoms with van der Waals surface area (Å²) in [6.45, 7) is 5.87. The first-order valence-electron chi connectivity index (χ1n) is 4.67. The zero-order valence-electron chi connectivity index (χ0n) is 8.84. The van der Waals surface area contributed by atoms with E-state index in [1.54, 1.807) is 6.07 Å². The number of hydrogen-bond donors (Lipinski definition) is 1. The lowest BCUT2D eigenvalue weighted by Gasteiger charge is -2.11. The molecule has 1 aromatic rings. The van der Waals surface area contributed by atoms with E-state index in [-0.39, 0.29) is 11.9 Å². The summed E-state index contributed by atoms with van der Waals surface area (Å²) in [6.07, 6.45) is 1.97. The lowest BCUT2D eigenvalue weighted by molar-refractivity contribution is 0.625. The van der Waals surface area contributed by atoms with Crippen LogP contribution in [0.15, 0.2) is 29.8 Å². The molecule has 2 N–H and O–H groups in total. The van der Waals surface area contributed by atoms with Crippen molar-refractivity contribution in [2.45, 2.75) is 26.8 Å². The topological polar surface area (TPSA) is 26.0 Å². The standard InChI is InChI=1S/C12H16FN/c1-8(2)6-12(14)11-5-4-10(13)7-9(11)3/h4-7,12H,14H2,1-3H3. The number of nitrogens with two attached hydrogens (primary N) is 1. The van der Waals surface area contributed by atoms with Crippen LogP contribution in [0.3, 0.4) is 0 Å². The van der Waals surface area contributed by atoms with Gasteiger partial charge in [0.1, 0.15) is 5.82 Å². The Balaban J connectivity index is 3.02. The Bertz CT molecular complexity index is 351. The van der Waals surface area contributed by atoms with Crippen LogP contribution in [0, 0.1) is 12.7 Å². The molecule has 1 atom stereocenters. The fourth-order valence-corrected chi connectivity index (χ4v) is 1.46. The number of halogens is 1. The second-order valence-electron chi connectivity index (χ2n) is 3.77. The van der Waals surface area contributed by atoms with Crippen molar-refractivity contribution in [1.29, 1.82) is 0 Å². The van der Waals surface area contributed by atoms with Crippen molar-refractivity contribution < 1.29 is 4.39 Å². The highest BCUT2D eigenvalue weighted by Crippen LogP contribution is 2.18. The fourth-order valence-electron chi connectivity index (χ4n) is 1.46. The predicted octanol–water partition coefficient (Wildman–Crippen LogP) is 3.10. The Hall–Kier alpha value is -1.15. The highest BCUT2D eigenvalue weighted by molar-refractivity contribution is 5.32. The van der Waals surface area contributed by atoms with Crippen molar-refractivity contribution in [3.05, 3.63) is 46.8 Å². The predicted molar refractivity (Wildman–Crippen MR) is 57.5 cm³/mol. The van der Waals surface area contributed by atoms with Crippen LogP contribution in [-0.2, 0) is 0 Å². The van der Waals surface area contributed by atoms with Gasteiger partial charge < -0.3 is 5.73 Å². The van der Waals surface area contributed by atoms with Gasteiger partial charge in [0, 0.05) is 6.04 Å². The molecule has 0 amide bonds. The highest BCUT2D eigenvalue weighted by atomic mass is 19.1. The zero-order valence-corrected chi connectivity index (χ0v) is 8.84. The van der Waals surface area contributed by atoms with Crippen molar-refractivity contribution in [3.63, 3.8) is 0 Å². The Morgan fingerprint density at radius 2 is 2.07 bits per heavy atom. The van der Waals surface area contributed by atoms with E-state index in [9.17, 15) is 4.39 Å². The van der Waals surface area contributed by atoms with Gasteiger partial charge in [0.05, 0.1) is 0 Å². The van der Waals surface area contributed by atoms with Gasteiger partial charge in [-0.1, -0.05) is 17.7 Å². The first kappa shape index (κ1) is 10.9. The summed E-state index contributed by atoms with van der Waals surface area (Å²) in [4.78, 5) is 0. The molecular weight excluding hydrogens is 177 g/mol. The second-order valence-corrected chi connectivity index (χ2v) is 3.77. The van der Waals surface area contributed by atoms with Crippen LogP contribution in [0.1, 0.15) is 31.0 Å². The van der Waals surface area contributed by atoms with Gasteiger partial charge in [0.2, 0.25) is 0 Å². The maximum absolute atomic E-state index is 12.8. The molecule has 0 aliphatic carbocycles. The maximum Gasteiger partial charge on any atom is 0.123 e. The molecule has 0 radical (unpaired) electrons. The summed E-state index contributed by atoms with van der Waals surface area (Å²) < 4.78 is 12.8. The van der Waals surface area contributed by atoms with Gasteiger partial charge in [-0.3, -0.25) is 0 Å². The molecule has 1 nitrogen and oxygen atoms in total. The first-order chi connectivity index (χ1) is 6.50. The maximum atomic E-state index is 12.8. The largest absolute Gasteiger partial charge is 0.321 e. The molecule has 0 fully saturated rings. The molecule has 1 rings (SSSR count). The second kappa shape index (κ2) is 4.38. The third-order valence-corrected chi connectivity index (χ3v) is 2.10. The molecule has 14 heavy (non-hydrogen) atoms. The van der Waals surface area contributed by atoms with E-state index in [1.807, 2.05) is 26.8 Å². The molecular formula is C12H16FN. The van der Waals surface area contributed by atoms with Crippen LogP contribution in [0.2, 0.25) is 0 Å². The van der Waals surface area contributed by atoms with Crippen LogP contribution >= 0.6 is 0 Å². The molecule has 0 heterocycles. The van der Waals surface area contributed by atoms with Crippen molar-refractivity contribution in [3.8, 4) is 0 Å². The molecule has 0 aliphatic heterocycles. The number of aryl methyl sites for hydroxylation is 1. The molecule has 0 saturated carbocycles. The van der Waals surface area contributed by atoms with E-state index in [4.69, 9.17) is 5.73 Å². The summed E-state index contributed by atoms with van der Waals surface area (Å²) in [5.74, 6) is -0.212. The third-order valence-electron chi connectivity index (χ3n) is 2.10. The number of hydrogen-bond acceptors (Lipinski definition) is 1. The molecule has 1 unspecified atom stereocenters. The minimum Gasteiger partial charge on any atom is -0.321 e. The third kappa shape index (κ3) is 2.67. The van der Waals surface area contributed by atoms with Crippen LogP contribution in [0.5, 0.6) is 0 Å². The van der Waals surface area contributed by atoms with Crippen LogP contribution in [0.25, 0.3) is 0 Å². The van der Waals surface area contributed by atoms with Crippen molar-refractivity contribution in [2.24, 2.45) is 5.73 Å². The van der Waals surface area contributed by atoms with Gasteiger partial charge in [-0.05, 0) is 44.0 Å². The van der Waals surface area contributed by atoms with Crippen molar-refractivity contribution in [2.75, 3.05) is 0 Å². The molecule has 0 aromatic heterocycles. The smallest absolute Gasteiger partial charge is 0.123 e. The molecule has 76 valence electrons. The van der Waals surface area contributed by atoms with Crippen molar-refractivity contribution in [1.82, 2.24) is 0 Å². The van der Waals surface area contributed by atoms with Crippen LogP contribution in [0.4, 0.5) is 4.39 Å². The van der Waals surface area contributed by atoms with E-state index in [0.29, 0.717) is 0 Å². The summed E-state index contributed by atoms with van der Waals surface area (Å²) in [5.41, 5.74) is 8.99. The molecule has 0 saturated heterocycles. The highest BCUT2D eigenvalue weighted by Gasteiger charge is 2.06. The average Bonchev–Trinajstić information content (AvgIpc) is 2.01. The molecule has 0 aliphatic rings. The Labute approximate surface area is 84.4 Å². The summed E-state index contributed by atoms with van der Waals surface area (Å²) in [5, 5.41) is 0. The summed E-state index contributed by atoms with van der Waals surface area (Å²) >= 11 is 0. The molecule has 0 bridgehead atoms. The Morgan fingerprint density at radius 1 is 1.43 bits per heavy atom. The van der Waals surface area contributed by atoms with Crippen LogP contribution in [-0.4, -0.2) is 0 Å². The van der Waals surface area contributed by atoms with E-state index < -0.39 is 0 Å². The number of benzene rings is 1. The fraction of sp³-hybridized carbons (Fsp3) is 0.333. The van der Waals surface area contributed by atoms with Gasteiger partial charge in [0.15, 0.2) is 0 Å². The van der Waals surface area contributed by atoms with E-state index in [1.165, 1.54) is 17.7 Å². The zero-order chi connectivity index (χ0) is 10.7. The molecule has 1 aromatic carbocycles. The lowest BCUT2D eigenvalue weighted by Crippen LogP contribution is -2.09.